The standard InChI is InChI=1S/C22H30/c1-17(19-9-7-13-21(3,4)15-11-19)18(2)20-10-8-14-22(5,6)16-12-20/h7-18H,1-6H3. The van der Waals surface area contributed by atoms with Crippen molar-refractivity contribution in [2.75, 3.05) is 0 Å². The Labute approximate surface area is 136 Å². The van der Waals surface area contributed by atoms with Gasteiger partial charge in [-0.15, -0.1) is 0 Å². The quantitative estimate of drug-likeness (QED) is 0.563. The molecule has 2 aliphatic carbocycles. The molecule has 0 aliphatic heterocycles. The van der Waals surface area contributed by atoms with Gasteiger partial charge in [0, 0.05) is 10.8 Å². The lowest BCUT2D eigenvalue weighted by molar-refractivity contribution is 0.519. The molecular formula is C22H30. The Bertz CT molecular complexity index is 532. The molecule has 0 fully saturated rings. The molecule has 0 saturated heterocycles. The fourth-order valence-electron chi connectivity index (χ4n) is 2.84. The number of hydrogen-bond acceptors (Lipinski definition) is 0. The lowest BCUT2D eigenvalue weighted by Gasteiger charge is -2.23. The monoisotopic (exact) mass is 294 g/mol. The van der Waals surface area contributed by atoms with Crippen molar-refractivity contribution in [3.05, 3.63) is 71.9 Å². The molecule has 0 aromatic rings. The number of allylic oxidation sites excluding steroid dienone is 12. The Balaban J connectivity index is 2.19. The van der Waals surface area contributed by atoms with E-state index in [0.717, 1.165) is 0 Å². The van der Waals surface area contributed by atoms with Gasteiger partial charge in [0.05, 0.1) is 0 Å². The molecule has 0 heteroatoms. The molecule has 2 unspecified atom stereocenters. The van der Waals surface area contributed by atoms with Gasteiger partial charge in [0.15, 0.2) is 0 Å². The zero-order valence-corrected chi connectivity index (χ0v) is 14.9. The first-order valence-corrected chi connectivity index (χ1v) is 8.37. The van der Waals surface area contributed by atoms with Crippen molar-refractivity contribution in [2.45, 2.75) is 41.5 Å². The highest BCUT2D eigenvalue weighted by Crippen LogP contribution is 2.33. The van der Waals surface area contributed by atoms with Crippen molar-refractivity contribution in [1.29, 1.82) is 0 Å². The summed E-state index contributed by atoms with van der Waals surface area (Å²) in [4.78, 5) is 0. The molecular weight excluding hydrogens is 264 g/mol. The summed E-state index contributed by atoms with van der Waals surface area (Å²) >= 11 is 0. The highest BCUT2D eigenvalue weighted by molar-refractivity contribution is 5.37. The van der Waals surface area contributed by atoms with Crippen molar-refractivity contribution in [1.82, 2.24) is 0 Å². The third-order valence-corrected chi connectivity index (χ3v) is 4.84. The van der Waals surface area contributed by atoms with Gasteiger partial charge < -0.3 is 0 Å². The zero-order chi connectivity index (χ0) is 16.4. The molecule has 0 aromatic heterocycles. The summed E-state index contributed by atoms with van der Waals surface area (Å²) in [7, 11) is 0. The largest absolute Gasteiger partial charge is 0.0751 e. The summed E-state index contributed by atoms with van der Waals surface area (Å²) in [6, 6.07) is 0. The average molecular weight is 294 g/mol. The molecule has 0 saturated carbocycles. The molecule has 0 amide bonds. The second-order valence-corrected chi connectivity index (χ2v) is 7.94. The van der Waals surface area contributed by atoms with Crippen molar-refractivity contribution >= 4 is 0 Å². The van der Waals surface area contributed by atoms with Crippen LogP contribution in [0.3, 0.4) is 0 Å². The van der Waals surface area contributed by atoms with Crippen molar-refractivity contribution in [2.24, 2.45) is 22.7 Å². The van der Waals surface area contributed by atoms with Crippen LogP contribution in [0.15, 0.2) is 71.9 Å². The van der Waals surface area contributed by atoms with Crippen LogP contribution in [0, 0.1) is 22.7 Å². The minimum atomic E-state index is 0.148. The van der Waals surface area contributed by atoms with E-state index in [1.54, 1.807) is 0 Å². The minimum absolute atomic E-state index is 0.148. The lowest BCUT2D eigenvalue weighted by Crippen LogP contribution is -2.12. The van der Waals surface area contributed by atoms with Crippen LogP contribution in [0.1, 0.15) is 41.5 Å². The molecule has 2 atom stereocenters. The molecule has 118 valence electrons. The van der Waals surface area contributed by atoms with Crippen molar-refractivity contribution < 1.29 is 0 Å². The van der Waals surface area contributed by atoms with Gasteiger partial charge in [-0.25, -0.2) is 0 Å². The van der Waals surface area contributed by atoms with Gasteiger partial charge in [-0.05, 0) is 23.0 Å². The van der Waals surface area contributed by atoms with E-state index >= 15 is 0 Å². The first-order chi connectivity index (χ1) is 10.2. The Morgan fingerprint density at radius 2 is 1.00 bits per heavy atom. The van der Waals surface area contributed by atoms with Gasteiger partial charge in [0.1, 0.15) is 0 Å². The Hall–Kier alpha value is -1.56. The molecule has 2 rings (SSSR count). The van der Waals surface area contributed by atoms with Crippen LogP contribution in [0.4, 0.5) is 0 Å². The normalized spacial score (nSPS) is 25.0. The fraction of sp³-hybridized carbons (Fsp3) is 0.455. The minimum Gasteiger partial charge on any atom is -0.0751 e. The maximum atomic E-state index is 2.33. The first-order valence-electron chi connectivity index (χ1n) is 8.37. The topological polar surface area (TPSA) is 0 Å². The molecule has 0 aromatic carbocycles. The maximum Gasteiger partial charge on any atom is 0.00107 e. The number of hydrogen-bond donors (Lipinski definition) is 0. The Morgan fingerprint density at radius 3 is 1.36 bits per heavy atom. The molecule has 0 bridgehead atoms. The predicted octanol–water partition coefficient (Wildman–Crippen LogP) is 6.42. The molecule has 0 spiro atoms. The molecule has 0 nitrogen and oxygen atoms in total. The molecule has 0 heterocycles. The lowest BCUT2D eigenvalue weighted by atomic mass is 9.82. The predicted molar refractivity (Wildman–Crippen MR) is 98.6 cm³/mol. The molecule has 0 N–H and O–H groups in total. The molecule has 22 heavy (non-hydrogen) atoms. The second-order valence-electron chi connectivity index (χ2n) is 7.94. The van der Waals surface area contributed by atoms with Gasteiger partial charge in [0.2, 0.25) is 0 Å². The summed E-state index contributed by atoms with van der Waals surface area (Å²) < 4.78 is 0. The van der Waals surface area contributed by atoms with Crippen LogP contribution >= 0.6 is 0 Å². The summed E-state index contributed by atoms with van der Waals surface area (Å²) in [5, 5.41) is 0. The van der Waals surface area contributed by atoms with Crippen LogP contribution in [-0.2, 0) is 0 Å². The Kier molecular flexibility index (Phi) is 4.80. The highest BCUT2D eigenvalue weighted by Gasteiger charge is 2.21. The Morgan fingerprint density at radius 1 is 0.636 bits per heavy atom. The second kappa shape index (κ2) is 6.28. The molecule has 2 aliphatic rings. The summed E-state index contributed by atoms with van der Waals surface area (Å²) in [6.07, 6.45) is 22.7. The van der Waals surface area contributed by atoms with Gasteiger partial charge in [-0.2, -0.15) is 0 Å². The van der Waals surface area contributed by atoms with Crippen LogP contribution in [0.5, 0.6) is 0 Å². The van der Waals surface area contributed by atoms with Gasteiger partial charge >= 0.3 is 0 Å². The zero-order valence-electron chi connectivity index (χ0n) is 14.9. The highest BCUT2D eigenvalue weighted by atomic mass is 14.3. The average Bonchev–Trinajstić information content (AvgIpc) is 2.72. The smallest absolute Gasteiger partial charge is 0.00107 e. The van der Waals surface area contributed by atoms with E-state index in [1.807, 2.05) is 0 Å². The fourth-order valence-corrected chi connectivity index (χ4v) is 2.84. The van der Waals surface area contributed by atoms with E-state index in [0.29, 0.717) is 11.8 Å². The van der Waals surface area contributed by atoms with E-state index in [9.17, 15) is 0 Å². The van der Waals surface area contributed by atoms with Gasteiger partial charge in [-0.1, -0.05) is 102 Å². The van der Waals surface area contributed by atoms with Crippen LogP contribution in [-0.4, -0.2) is 0 Å². The van der Waals surface area contributed by atoms with Crippen LogP contribution < -0.4 is 0 Å². The van der Waals surface area contributed by atoms with Gasteiger partial charge in [0.25, 0.3) is 0 Å². The van der Waals surface area contributed by atoms with E-state index in [-0.39, 0.29) is 10.8 Å². The third kappa shape index (κ3) is 4.22. The van der Waals surface area contributed by atoms with Crippen LogP contribution in [0.25, 0.3) is 0 Å². The van der Waals surface area contributed by atoms with Crippen molar-refractivity contribution in [3.8, 4) is 0 Å². The number of rotatable bonds is 3. The van der Waals surface area contributed by atoms with E-state index < -0.39 is 0 Å². The van der Waals surface area contributed by atoms with Crippen LogP contribution in [0.2, 0.25) is 0 Å². The van der Waals surface area contributed by atoms with Crippen molar-refractivity contribution in [3.63, 3.8) is 0 Å². The van der Waals surface area contributed by atoms with E-state index in [4.69, 9.17) is 0 Å². The summed E-state index contributed by atoms with van der Waals surface area (Å²) in [5.74, 6) is 1.00. The SMILES string of the molecule is CC(C1=CC=CC(C)(C)C=C1)C(C)C1=CC=CC(C)(C)C=C1. The molecule has 0 radical (unpaired) electrons. The summed E-state index contributed by atoms with van der Waals surface area (Å²) in [5.41, 5.74) is 3.12. The van der Waals surface area contributed by atoms with E-state index in [2.05, 4.69) is 102 Å². The maximum absolute atomic E-state index is 2.33. The summed E-state index contributed by atoms with van der Waals surface area (Å²) in [6.45, 7) is 13.6. The first kappa shape index (κ1) is 16.8. The van der Waals surface area contributed by atoms with E-state index in [1.165, 1.54) is 11.1 Å². The third-order valence-electron chi connectivity index (χ3n) is 4.84. The van der Waals surface area contributed by atoms with Gasteiger partial charge in [-0.3, -0.25) is 0 Å².